The number of rotatable bonds is 2. The molecule has 2 aliphatic heterocycles. The van der Waals surface area contributed by atoms with Crippen molar-refractivity contribution in [3.05, 3.63) is 75.5 Å². The second-order valence-corrected chi connectivity index (χ2v) is 8.33. The first kappa shape index (κ1) is 17.9. The molecule has 0 saturated carbocycles. The van der Waals surface area contributed by atoms with Gasteiger partial charge in [0.1, 0.15) is 5.82 Å². The molecule has 2 aromatic heterocycles. The van der Waals surface area contributed by atoms with Gasteiger partial charge in [-0.05, 0) is 61.6 Å². The van der Waals surface area contributed by atoms with E-state index in [9.17, 15) is 9.59 Å². The Hall–Kier alpha value is -3.15. The van der Waals surface area contributed by atoms with Gasteiger partial charge in [-0.3, -0.25) is 9.59 Å². The molecule has 5 rings (SSSR count). The van der Waals surface area contributed by atoms with Crippen molar-refractivity contribution in [3.63, 3.8) is 0 Å². The van der Waals surface area contributed by atoms with Crippen molar-refractivity contribution in [1.82, 2.24) is 19.4 Å². The van der Waals surface area contributed by atoms with Crippen molar-refractivity contribution in [3.8, 4) is 11.4 Å². The fraction of sp³-hybridized carbons (Fsp3) is 0.348. The Bertz CT molecular complexity index is 1150. The van der Waals surface area contributed by atoms with Gasteiger partial charge in [-0.25, -0.2) is 4.98 Å². The van der Waals surface area contributed by atoms with E-state index in [2.05, 4.69) is 16.9 Å². The van der Waals surface area contributed by atoms with Gasteiger partial charge in [0, 0.05) is 49.2 Å². The van der Waals surface area contributed by atoms with E-state index in [-0.39, 0.29) is 17.4 Å². The van der Waals surface area contributed by atoms with Crippen LogP contribution in [0.3, 0.4) is 0 Å². The van der Waals surface area contributed by atoms with E-state index in [1.54, 1.807) is 12.4 Å². The molecule has 2 bridgehead atoms. The first-order chi connectivity index (χ1) is 14.0. The maximum Gasteiger partial charge on any atom is 0.261 e. The number of nitrogens with one attached hydrogen (secondary N) is 1. The van der Waals surface area contributed by atoms with Crippen molar-refractivity contribution in [1.29, 1.82) is 0 Å². The van der Waals surface area contributed by atoms with Crippen LogP contribution in [0, 0.1) is 19.8 Å². The molecule has 1 aromatic carbocycles. The van der Waals surface area contributed by atoms with Crippen LogP contribution in [0.2, 0.25) is 0 Å². The minimum Gasteiger partial charge on any atom is -0.344 e. The molecule has 0 spiro atoms. The number of pyridine rings is 1. The summed E-state index contributed by atoms with van der Waals surface area (Å²) in [6, 6.07) is 9.80. The molecule has 0 radical (unpaired) electrons. The standard InChI is InChI=1S/C23H24N4O2/c1-14-3-4-17(9-15(14)2)22(28)26-11-16-10-18(13-26)20-6-5-19(21-24-7-8-25-21)23(29)27(20)12-16/h3-9,16,18H,10-13H2,1-2H3,(H,24,25)/t16-,18+/m0/s1. The minimum atomic E-state index is 0.00101. The number of aromatic amines is 1. The van der Waals surface area contributed by atoms with E-state index in [0.717, 1.165) is 23.2 Å². The van der Waals surface area contributed by atoms with Gasteiger partial charge in [0.2, 0.25) is 0 Å². The van der Waals surface area contributed by atoms with E-state index < -0.39 is 0 Å². The monoisotopic (exact) mass is 388 g/mol. The van der Waals surface area contributed by atoms with Gasteiger partial charge >= 0.3 is 0 Å². The molecule has 2 atom stereocenters. The number of fused-ring (bicyclic) bond motifs is 4. The number of amides is 1. The molecule has 2 aliphatic rings. The van der Waals surface area contributed by atoms with Gasteiger partial charge in [-0.1, -0.05) is 6.07 Å². The summed E-state index contributed by atoms with van der Waals surface area (Å²) in [5.74, 6) is 1.18. The summed E-state index contributed by atoms with van der Waals surface area (Å²) < 4.78 is 1.90. The topological polar surface area (TPSA) is 71.0 Å². The Morgan fingerprint density at radius 1 is 1.10 bits per heavy atom. The number of H-pyrrole nitrogens is 1. The van der Waals surface area contributed by atoms with Crippen molar-refractivity contribution in [2.45, 2.75) is 32.7 Å². The maximum atomic E-state index is 13.1. The van der Waals surface area contributed by atoms with Crippen LogP contribution in [-0.4, -0.2) is 38.4 Å². The van der Waals surface area contributed by atoms with E-state index in [1.807, 2.05) is 46.7 Å². The number of imidazole rings is 1. The van der Waals surface area contributed by atoms with Crippen molar-refractivity contribution in [2.75, 3.05) is 13.1 Å². The lowest BCUT2D eigenvalue weighted by Crippen LogP contribution is -2.49. The predicted molar refractivity (Wildman–Crippen MR) is 111 cm³/mol. The number of carbonyl (C=O) groups excluding carboxylic acids is 1. The third kappa shape index (κ3) is 2.99. The second-order valence-electron chi connectivity index (χ2n) is 8.33. The number of hydrogen-bond donors (Lipinski definition) is 1. The highest BCUT2D eigenvalue weighted by Gasteiger charge is 2.37. The Morgan fingerprint density at radius 3 is 2.72 bits per heavy atom. The Labute approximate surface area is 169 Å². The number of likely N-dealkylation sites (tertiary alicyclic amines) is 1. The summed E-state index contributed by atoms with van der Waals surface area (Å²) in [6.07, 6.45) is 4.41. The number of hydrogen-bond acceptors (Lipinski definition) is 3. The van der Waals surface area contributed by atoms with Crippen molar-refractivity contribution >= 4 is 5.91 Å². The van der Waals surface area contributed by atoms with E-state index in [0.29, 0.717) is 36.9 Å². The van der Waals surface area contributed by atoms with Gasteiger partial charge in [0.15, 0.2) is 0 Å². The Kier molecular flexibility index (Phi) is 4.15. The van der Waals surface area contributed by atoms with E-state index in [1.165, 1.54) is 5.56 Å². The summed E-state index contributed by atoms with van der Waals surface area (Å²) in [4.78, 5) is 35.4. The highest BCUT2D eigenvalue weighted by atomic mass is 16.2. The van der Waals surface area contributed by atoms with Crippen molar-refractivity contribution < 1.29 is 4.79 Å². The molecule has 1 amide bonds. The minimum absolute atomic E-state index is 0.00101. The molecule has 3 aromatic rings. The molecule has 6 nitrogen and oxygen atoms in total. The summed E-state index contributed by atoms with van der Waals surface area (Å²) in [5, 5.41) is 0. The second kappa shape index (κ2) is 6.72. The third-order valence-corrected chi connectivity index (χ3v) is 6.40. The SMILES string of the molecule is Cc1ccc(C(=O)N2C[C@@H]3C[C@H](C2)c2ccc(-c4ncc[nH]4)c(=O)n2C3)cc1C. The summed E-state index contributed by atoms with van der Waals surface area (Å²) in [7, 11) is 0. The Morgan fingerprint density at radius 2 is 1.97 bits per heavy atom. The van der Waals surface area contributed by atoms with Crippen LogP contribution < -0.4 is 5.56 Å². The smallest absolute Gasteiger partial charge is 0.261 e. The number of aryl methyl sites for hydroxylation is 2. The zero-order valence-corrected chi connectivity index (χ0v) is 16.7. The number of piperidine rings is 1. The van der Waals surface area contributed by atoms with Crippen LogP contribution in [0.1, 0.15) is 39.5 Å². The maximum absolute atomic E-state index is 13.1. The zero-order chi connectivity index (χ0) is 20.1. The quantitative estimate of drug-likeness (QED) is 0.733. The highest BCUT2D eigenvalue weighted by Crippen LogP contribution is 2.36. The summed E-state index contributed by atoms with van der Waals surface area (Å²) in [5.41, 5.74) is 4.70. The molecule has 1 N–H and O–H groups in total. The van der Waals surface area contributed by atoms with Crippen LogP contribution in [0.15, 0.2) is 47.5 Å². The molecule has 148 valence electrons. The highest BCUT2D eigenvalue weighted by molar-refractivity contribution is 5.94. The third-order valence-electron chi connectivity index (χ3n) is 6.40. The molecular formula is C23H24N4O2. The molecule has 0 aliphatic carbocycles. The lowest BCUT2D eigenvalue weighted by Gasteiger charge is -2.43. The largest absolute Gasteiger partial charge is 0.344 e. The molecule has 0 unspecified atom stereocenters. The van der Waals surface area contributed by atoms with Crippen LogP contribution in [0.5, 0.6) is 0 Å². The molecule has 1 saturated heterocycles. The molecule has 1 fully saturated rings. The van der Waals surface area contributed by atoms with Gasteiger partial charge in [-0.15, -0.1) is 0 Å². The molecule has 29 heavy (non-hydrogen) atoms. The number of nitrogens with zero attached hydrogens (tertiary/aromatic N) is 3. The first-order valence-electron chi connectivity index (χ1n) is 10.1. The van der Waals surface area contributed by atoms with Gasteiger partial charge in [-0.2, -0.15) is 0 Å². The molecule has 6 heteroatoms. The normalized spacial score (nSPS) is 20.4. The van der Waals surface area contributed by atoms with E-state index >= 15 is 0 Å². The fourth-order valence-electron chi connectivity index (χ4n) is 4.76. The number of carbonyl (C=O) groups is 1. The number of benzene rings is 1. The molecule has 4 heterocycles. The molecular weight excluding hydrogens is 364 g/mol. The average Bonchev–Trinajstić information content (AvgIpc) is 3.25. The van der Waals surface area contributed by atoms with Gasteiger partial charge in [0.05, 0.1) is 5.56 Å². The van der Waals surface area contributed by atoms with Gasteiger partial charge in [0.25, 0.3) is 11.5 Å². The lowest BCUT2D eigenvalue weighted by molar-refractivity contribution is 0.0594. The number of aromatic nitrogens is 3. The average molecular weight is 388 g/mol. The van der Waals surface area contributed by atoms with Crippen LogP contribution in [-0.2, 0) is 6.54 Å². The summed E-state index contributed by atoms with van der Waals surface area (Å²) >= 11 is 0. The van der Waals surface area contributed by atoms with Crippen LogP contribution >= 0.6 is 0 Å². The predicted octanol–water partition coefficient (Wildman–Crippen LogP) is 3.11. The summed E-state index contributed by atoms with van der Waals surface area (Å²) in [6.45, 7) is 6.09. The first-order valence-corrected chi connectivity index (χ1v) is 10.1. The van der Waals surface area contributed by atoms with Gasteiger partial charge < -0.3 is 14.5 Å². The van der Waals surface area contributed by atoms with Crippen LogP contribution in [0.4, 0.5) is 0 Å². The lowest BCUT2D eigenvalue weighted by atomic mass is 9.82. The van der Waals surface area contributed by atoms with Crippen molar-refractivity contribution in [2.24, 2.45) is 5.92 Å². The fourth-order valence-corrected chi connectivity index (χ4v) is 4.76. The zero-order valence-electron chi connectivity index (χ0n) is 16.7. The van der Waals surface area contributed by atoms with Crippen LogP contribution in [0.25, 0.3) is 11.4 Å². The Balaban J connectivity index is 1.45. The van der Waals surface area contributed by atoms with E-state index in [4.69, 9.17) is 0 Å².